The summed E-state index contributed by atoms with van der Waals surface area (Å²) in [6.45, 7) is 1.37. The first-order chi connectivity index (χ1) is 8.52. The van der Waals surface area contributed by atoms with Crippen LogP contribution in [0.2, 0.25) is 5.02 Å². The van der Waals surface area contributed by atoms with Gasteiger partial charge in [-0.1, -0.05) is 11.6 Å². The van der Waals surface area contributed by atoms with Crippen LogP contribution in [0, 0.1) is 17.0 Å². The van der Waals surface area contributed by atoms with Crippen molar-refractivity contribution in [2.24, 2.45) is 0 Å². The van der Waals surface area contributed by atoms with Crippen molar-refractivity contribution in [1.29, 1.82) is 0 Å². The van der Waals surface area contributed by atoms with Crippen LogP contribution in [0.5, 0.6) is 0 Å². The van der Waals surface area contributed by atoms with Gasteiger partial charge in [0.2, 0.25) is 0 Å². The summed E-state index contributed by atoms with van der Waals surface area (Å²) in [6.07, 6.45) is 0. The first kappa shape index (κ1) is 12.6. The molecule has 0 saturated carbocycles. The molecule has 0 amide bonds. The van der Waals surface area contributed by atoms with E-state index >= 15 is 0 Å². The number of nitro benzene ring substituents is 1. The lowest BCUT2D eigenvalue weighted by atomic mass is 10.1. The fourth-order valence-electron chi connectivity index (χ4n) is 1.61. The van der Waals surface area contributed by atoms with Gasteiger partial charge in [-0.15, -0.1) is 0 Å². The summed E-state index contributed by atoms with van der Waals surface area (Å²) in [5.74, 6) is 0.827. The average molecular weight is 268 g/mol. The highest BCUT2D eigenvalue weighted by molar-refractivity contribution is 6.32. The highest BCUT2D eigenvalue weighted by Crippen LogP contribution is 2.33. The van der Waals surface area contributed by atoms with Crippen LogP contribution in [-0.4, -0.2) is 10.0 Å². The molecule has 1 aromatic carbocycles. The Bertz CT molecular complexity index is 606. The number of hydrogen-bond donors (Lipinski definition) is 1. The molecule has 0 bridgehead atoms. The Kier molecular flexibility index (Phi) is 3.36. The Morgan fingerprint density at radius 2 is 2.17 bits per heavy atom. The molecule has 0 saturated heterocycles. The van der Waals surface area contributed by atoms with Crippen LogP contribution >= 0.6 is 11.6 Å². The van der Waals surface area contributed by atoms with Gasteiger partial charge < -0.3 is 9.52 Å². The van der Waals surface area contributed by atoms with Crippen LogP contribution in [-0.2, 0) is 6.61 Å². The van der Waals surface area contributed by atoms with Gasteiger partial charge in [0.1, 0.15) is 18.1 Å². The van der Waals surface area contributed by atoms with E-state index in [-0.39, 0.29) is 12.3 Å². The van der Waals surface area contributed by atoms with Gasteiger partial charge >= 0.3 is 0 Å². The number of hydrogen-bond acceptors (Lipinski definition) is 4. The molecule has 0 unspecified atom stereocenters. The zero-order valence-corrected chi connectivity index (χ0v) is 10.3. The molecule has 0 radical (unpaired) electrons. The standard InChI is InChI=1S/C12H10ClNO4/c1-7-10(13)4-8(5-11(7)14(16)17)12-3-2-9(6-15)18-12/h2-5,15H,6H2,1H3. The molecule has 18 heavy (non-hydrogen) atoms. The lowest BCUT2D eigenvalue weighted by molar-refractivity contribution is -0.385. The molecule has 1 N–H and O–H groups in total. The fourth-order valence-corrected chi connectivity index (χ4v) is 1.83. The van der Waals surface area contributed by atoms with E-state index in [0.29, 0.717) is 27.7 Å². The molecule has 0 atom stereocenters. The second kappa shape index (κ2) is 4.80. The number of aliphatic hydroxyl groups excluding tert-OH is 1. The topological polar surface area (TPSA) is 76.5 Å². The lowest BCUT2D eigenvalue weighted by Crippen LogP contribution is -1.93. The van der Waals surface area contributed by atoms with Crippen LogP contribution in [0.15, 0.2) is 28.7 Å². The molecule has 2 rings (SSSR count). The number of furan rings is 1. The van der Waals surface area contributed by atoms with E-state index in [1.165, 1.54) is 6.07 Å². The van der Waals surface area contributed by atoms with Crippen LogP contribution in [0.1, 0.15) is 11.3 Å². The molecule has 5 nitrogen and oxygen atoms in total. The summed E-state index contributed by atoms with van der Waals surface area (Å²) in [5.41, 5.74) is 0.871. The third-order valence-corrected chi connectivity index (χ3v) is 3.01. The van der Waals surface area contributed by atoms with Crippen molar-refractivity contribution in [2.75, 3.05) is 0 Å². The smallest absolute Gasteiger partial charge is 0.274 e. The Balaban J connectivity index is 2.55. The van der Waals surface area contributed by atoms with Gasteiger partial charge in [-0.05, 0) is 25.1 Å². The number of benzene rings is 1. The summed E-state index contributed by atoms with van der Waals surface area (Å²) in [6, 6.07) is 6.25. The third-order valence-electron chi connectivity index (χ3n) is 2.62. The molecule has 0 aliphatic carbocycles. The molecular weight excluding hydrogens is 258 g/mol. The lowest BCUT2D eigenvalue weighted by Gasteiger charge is -2.03. The van der Waals surface area contributed by atoms with E-state index in [1.54, 1.807) is 25.1 Å². The molecular formula is C12H10ClNO4. The first-order valence-electron chi connectivity index (χ1n) is 5.17. The van der Waals surface area contributed by atoms with Gasteiger partial charge in [0, 0.05) is 17.2 Å². The van der Waals surface area contributed by atoms with Crippen molar-refractivity contribution < 1.29 is 14.4 Å². The van der Waals surface area contributed by atoms with Crippen molar-refractivity contribution in [3.63, 3.8) is 0 Å². The quantitative estimate of drug-likeness (QED) is 0.684. The van der Waals surface area contributed by atoms with E-state index < -0.39 is 4.92 Å². The Morgan fingerprint density at radius 1 is 1.44 bits per heavy atom. The molecule has 2 aromatic rings. The van der Waals surface area contributed by atoms with Gasteiger partial charge in [0.25, 0.3) is 5.69 Å². The number of halogens is 1. The molecule has 0 aliphatic rings. The second-order valence-electron chi connectivity index (χ2n) is 3.78. The normalized spacial score (nSPS) is 10.6. The molecule has 6 heteroatoms. The Morgan fingerprint density at radius 3 is 2.72 bits per heavy atom. The fraction of sp³-hybridized carbons (Fsp3) is 0.167. The second-order valence-corrected chi connectivity index (χ2v) is 4.19. The minimum Gasteiger partial charge on any atom is -0.459 e. The van der Waals surface area contributed by atoms with Crippen molar-refractivity contribution >= 4 is 17.3 Å². The van der Waals surface area contributed by atoms with Crippen LogP contribution in [0.4, 0.5) is 5.69 Å². The molecule has 1 heterocycles. The summed E-state index contributed by atoms with van der Waals surface area (Å²) in [7, 11) is 0. The van der Waals surface area contributed by atoms with Crippen molar-refractivity contribution in [2.45, 2.75) is 13.5 Å². The Hall–Kier alpha value is -1.85. The molecule has 1 aromatic heterocycles. The van der Waals surface area contributed by atoms with Crippen molar-refractivity contribution in [1.82, 2.24) is 0 Å². The van der Waals surface area contributed by atoms with E-state index in [2.05, 4.69) is 0 Å². The highest BCUT2D eigenvalue weighted by atomic mass is 35.5. The molecule has 0 aliphatic heterocycles. The van der Waals surface area contributed by atoms with Crippen LogP contribution in [0.25, 0.3) is 11.3 Å². The van der Waals surface area contributed by atoms with Gasteiger partial charge in [-0.25, -0.2) is 0 Å². The summed E-state index contributed by atoms with van der Waals surface area (Å²) < 4.78 is 5.32. The minimum atomic E-state index is -0.486. The van der Waals surface area contributed by atoms with E-state index in [4.69, 9.17) is 21.1 Å². The highest BCUT2D eigenvalue weighted by Gasteiger charge is 2.17. The number of nitrogens with zero attached hydrogens (tertiary/aromatic N) is 1. The van der Waals surface area contributed by atoms with E-state index in [0.717, 1.165) is 0 Å². The zero-order valence-electron chi connectivity index (χ0n) is 9.51. The number of aliphatic hydroxyl groups is 1. The van der Waals surface area contributed by atoms with Gasteiger partial charge in [-0.2, -0.15) is 0 Å². The average Bonchev–Trinajstić information content (AvgIpc) is 2.80. The summed E-state index contributed by atoms with van der Waals surface area (Å²) >= 11 is 5.96. The maximum atomic E-state index is 10.9. The maximum Gasteiger partial charge on any atom is 0.274 e. The predicted molar refractivity (Wildman–Crippen MR) is 66.5 cm³/mol. The number of nitro groups is 1. The summed E-state index contributed by atoms with van der Waals surface area (Å²) in [5, 5.41) is 20.1. The van der Waals surface area contributed by atoms with Crippen LogP contribution < -0.4 is 0 Å². The summed E-state index contributed by atoms with van der Waals surface area (Å²) in [4.78, 5) is 10.4. The third kappa shape index (κ3) is 2.23. The molecule has 0 fully saturated rings. The van der Waals surface area contributed by atoms with Gasteiger partial charge in [0.15, 0.2) is 0 Å². The maximum absolute atomic E-state index is 10.9. The van der Waals surface area contributed by atoms with E-state index in [1.807, 2.05) is 0 Å². The van der Waals surface area contributed by atoms with Gasteiger partial charge in [0.05, 0.1) is 9.95 Å². The first-order valence-corrected chi connectivity index (χ1v) is 5.55. The Labute approximate surface area is 108 Å². The molecule has 94 valence electrons. The van der Waals surface area contributed by atoms with Crippen molar-refractivity contribution in [3.05, 3.63) is 50.7 Å². The van der Waals surface area contributed by atoms with Crippen LogP contribution in [0.3, 0.4) is 0 Å². The van der Waals surface area contributed by atoms with E-state index in [9.17, 15) is 10.1 Å². The monoisotopic (exact) mass is 267 g/mol. The predicted octanol–water partition coefficient (Wildman–Crippen LogP) is 3.31. The van der Waals surface area contributed by atoms with Crippen molar-refractivity contribution in [3.8, 4) is 11.3 Å². The SMILES string of the molecule is Cc1c(Cl)cc(-c2ccc(CO)o2)cc1[N+](=O)[O-]. The largest absolute Gasteiger partial charge is 0.459 e. The van der Waals surface area contributed by atoms with Gasteiger partial charge in [-0.3, -0.25) is 10.1 Å². The minimum absolute atomic E-state index is 0.0561. The number of rotatable bonds is 3. The molecule has 0 spiro atoms. The zero-order chi connectivity index (χ0) is 13.3.